The minimum Gasteiger partial charge on any atom is -0.394 e. The summed E-state index contributed by atoms with van der Waals surface area (Å²) in [6.45, 7) is 4.16. The van der Waals surface area contributed by atoms with Crippen molar-refractivity contribution in [3.8, 4) is 0 Å². The van der Waals surface area contributed by atoms with Crippen LogP contribution in [-0.4, -0.2) is 46.1 Å². The monoisotopic (exact) mass is 832 g/mol. The molecule has 5 heteroatoms. The van der Waals surface area contributed by atoms with Gasteiger partial charge in [0.05, 0.1) is 18.8 Å². The van der Waals surface area contributed by atoms with Gasteiger partial charge in [0.1, 0.15) is 6.10 Å². The highest BCUT2D eigenvalue weighted by atomic mass is 16.3. The number of allylic oxidation sites excluding steroid dienone is 4. The minimum absolute atomic E-state index is 0.154. The van der Waals surface area contributed by atoms with Crippen LogP contribution in [0.1, 0.15) is 290 Å². The summed E-state index contributed by atoms with van der Waals surface area (Å²) >= 11 is 0. The van der Waals surface area contributed by atoms with Gasteiger partial charge in [-0.25, -0.2) is 0 Å². The molecule has 4 N–H and O–H groups in total. The molecule has 0 fully saturated rings. The second-order valence-electron chi connectivity index (χ2n) is 18.4. The molecule has 0 bridgehead atoms. The quantitative estimate of drug-likeness (QED) is 0.0363. The van der Waals surface area contributed by atoms with E-state index in [-0.39, 0.29) is 12.5 Å². The summed E-state index contributed by atoms with van der Waals surface area (Å²) in [4.78, 5) is 12.5. The van der Waals surface area contributed by atoms with Crippen LogP contribution in [0.15, 0.2) is 24.3 Å². The molecule has 59 heavy (non-hydrogen) atoms. The van der Waals surface area contributed by atoms with E-state index < -0.39 is 18.2 Å². The molecule has 0 rings (SSSR count). The maximum Gasteiger partial charge on any atom is 0.220 e. The Morgan fingerprint density at radius 2 is 0.695 bits per heavy atom. The number of aliphatic hydroxyl groups is 3. The van der Waals surface area contributed by atoms with E-state index in [0.29, 0.717) is 12.8 Å². The third kappa shape index (κ3) is 44.7. The van der Waals surface area contributed by atoms with Crippen LogP contribution in [0.5, 0.6) is 0 Å². The normalized spacial score (nSPS) is 13.5. The van der Waals surface area contributed by atoms with E-state index in [4.69, 9.17) is 0 Å². The van der Waals surface area contributed by atoms with Crippen molar-refractivity contribution >= 4 is 5.91 Å². The molecule has 0 aromatic carbocycles. The summed E-state index contributed by atoms with van der Waals surface area (Å²) in [5, 5.41) is 33.5. The first-order valence-electron chi connectivity index (χ1n) is 26.6. The summed E-state index contributed by atoms with van der Waals surface area (Å²) < 4.78 is 0. The molecule has 350 valence electrons. The number of amides is 1. The SMILES string of the molecule is CCCCCC/C=C/CC/C=C/CCCC(O)C(O)C(CO)NC(=O)CCCCCCCCCCCCCCCCCCCCCCCCCCCCCCCCCC. The van der Waals surface area contributed by atoms with Gasteiger partial charge in [-0.05, 0) is 51.4 Å². The van der Waals surface area contributed by atoms with E-state index in [2.05, 4.69) is 43.5 Å². The average molecular weight is 832 g/mol. The number of hydrogen-bond donors (Lipinski definition) is 4. The fourth-order valence-electron chi connectivity index (χ4n) is 8.42. The Balaban J connectivity index is 3.47. The van der Waals surface area contributed by atoms with E-state index >= 15 is 0 Å². The molecule has 0 spiro atoms. The highest BCUT2D eigenvalue weighted by Crippen LogP contribution is 2.18. The third-order valence-electron chi connectivity index (χ3n) is 12.5. The van der Waals surface area contributed by atoms with Gasteiger partial charge in [-0.15, -0.1) is 0 Å². The molecule has 1 amide bonds. The summed E-state index contributed by atoms with van der Waals surface area (Å²) in [5.41, 5.74) is 0. The molecule has 0 aliphatic carbocycles. The Kier molecular flexibility index (Phi) is 48.5. The largest absolute Gasteiger partial charge is 0.394 e. The number of aliphatic hydroxyl groups excluding tert-OH is 3. The van der Waals surface area contributed by atoms with Gasteiger partial charge in [0, 0.05) is 6.42 Å². The lowest BCUT2D eigenvalue weighted by molar-refractivity contribution is -0.124. The number of nitrogens with one attached hydrogen (secondary N) is 1. The molecule has 3 atom stereocenters. The highest BCUT2D eigenvalue weighted by molar-refractivity contribution is 5.76. The van der Waals surface area contributed by atoms with Crippen molar-refractivity contribution in [3.63, 3.8) is 0 Å². The summed E-state index contributed by atoms with van der Waals surface area (Å²) in [7, 11) is 0. The van der Waals surface area contributed by atoms with Crippen molar-refractivity contribution in [2.45, 2.75) is 308 Å². The van der Waals surface area contributed by atoms with E-state index in [9.17, 15) is 20.1 Å². The highest BCUT2D eigenvalue weighted by Gasteiger charge is 2.26. The Morgan fingerprint density at radius 1 is 0.407 bits per heavy atom. The third-order valence-corrected chi connectivity index (χ3v) is 12.5. The van der Waals surface area contributed by atoms with Crippen molar-refractivity contribution in [1.29, 1.82) is 0 Å². The molecule has 0 saturated carbocycles. The minimum atomic E-state index is -1.16. The van der Waals surface area contributed by atoms with E-state index in [1.165, 1.54) is 218 Å². The van der Waals surface area contributed by atoms with Crippen molar-refractivity contribution in [2.24, 2.45) is 0 Å². The fraction of sp³-hybridized carbons (Fsp3) is 0.907. The standard InChI is InChI=1S/C54H105NO4/c1-3-5-7-9-11-13-15-17-18-19-20-21-22-23-24-25-26-27-28-29-30-31-32-33-34-35-37-39-41-43-45-47-49-53(58)55-51(50-56)54(59)52(57)48-46-44-42-40-38-36-16-14-12-10-8-6-4-2/h14,16,40,42,51-52,54,56-57,59H,3-13,15,17-39,41,43-50H2,1-2H3,(H,55,58)/b16-14+,42-40+. The zero-order valence-electron chi connectivity index (χ0n) is 39.9. The molecule has 0 saturated heterocycles. The zero-order valence-corrected chi connectivity index (χ0v) is 39.9. The van der Waals surface area contributed by atoms with Crippen molar-refractivity contribution in [2.75, 3.05) is 6.61 Å². The van der Waals surface area contributed by atoms with E-state index in [1.54, 1.807) is 0 Å². The molecular formula is C54H105NO4. The number of carbonyl (C=O) groups is 1. The molecule has 0 aliphatic heterocycles. The van der Waals surface area contributed by atoms with Crippen LogP contribution in [-0.2, 0) is 4.79 Å². The van der Waals surface area contributed by atoms with Crippen LogP contribution in [0.2, 0.25) is 0 Å². The second-order valence-corrected chi connectivity index (χ2v) is 18.4. The van der Waals surface area contributed by atoms with Gasteiger partial charge >= 0.3 is 0 Å². The van der Waals surface area contributed by atoms with Crippen molar-refractivity contribution < 1.29 is 20.1 Å². The molecule has 0 heterocycles. The number of carbonyl (C=O) groups excluding carboxylic acids is 1. The Hall–Kier alpha value is -1.17. The molecule has 5 nitrogen and oxygen atoms in total. The smallest absolute Gasteiger partial charge is 0.220 e. The summed E-state index contributed by atoms with van der Waals surface area (Å²) in [5.74, 6) is -0.154. The molecule has 3 unspecified atom stereocenters. The maximum atomic E-state index is 12.5. The number of hydrogen-bond acceptors (Lipinski definition) is 4. The summed E-state index contributed by atoms with van der Waals surface area (Å²) in [6, 6.07) is -0.829. The number of unbranched alkanes of at least 4 members (excludes halogenated alkanes) is 37. The maximum absolute atomic E-state index is 12.5. The Morgan fingerprint density at radius 3 is 1.03 bits per heavy atom. The van der Waals surface area contributed by atoms with Gasteiger partial charge in [0.15, 0.2) is 0 Å². The lowest BCUT2D eigenvalue weighted by Gasteiger charge is -2.26. The molecule has 0 aromatic heterocycles. The predicted octanol–water partition coefficient (Wildman–Crippen LogP) is 16.1. The van der Waals surface area contributed by atoms with Crippen LogP contribution in [0.3, 0.4) is 0 Å². The first-order valence-corrected chi connectivity index (χ1v) is 26.6. The van der Waals surface area contributed by atoms with Gasteiger partial charge < -0.3 is 20.6 Å². The van der Waals surface area contributed by atoms with Gasteiger partial charge in [-0.2, -0.15) is 0 Å². The van der Waals surface area contributed by atoms with Gasteiger partial charge in [0.25, 0.3) is 0 Å². The number of rotatable bonds is 49. The van der Waals surface area contributed by atoms with Gasteiger partial charge in [0.2, 0.25) is 5.91 Å². The molecular weight excluding hydrogens is 727 g/mol. The second kappa shape index (κ2) is 49.5. The molecule has 0 aliphatic rings. The topological polar surface area (TPSA) is 89.8 Å². The Bertz CT molecular complexity index is 874. The van der Waals surface area contributed by atoms with Crippen LogP contribution in [0.4, 0.5) is 0 Å². The van der Waals surface area contributed by atoms with E-state index in [1.807, 2.05) is 0 Å². The Labute approximate surface area is 369 Å². The predicted molar refractivity (Wildman–Crippen MR) is 259 cm³/mol. The van der Waals surface area contributed by atoms with Crippen LogP contribution in [0, 0.1) is 0 Å². The average Bonchev–Trinajstić information content (AvgIpc) is 3.24. The van der Waals surface area contributed by atoms with Crippen LogP contribution in [0.25, 0.3) is 0 Å². The van der Waals surface area contributed by atoms with E-state index in [0.717, 1.165) is 44.9 Å². The van der Waals surface area contributed by atoms with Crippen LogP contribution < -0.4 is 5.32 Å². The van der Waals surface area contributed by atoms with Gasteiger partial charge in [-0.3, -0.25) is 4.79 Å². The lowest BCUT2D eigenvalue weighted by atomic mass is 10.0. The fourth-order valence-corrected chi connectivity index (χ4v) is 8.42. The van der Waals surface area contributed by atoms with Crippen molar-refractivity contribution in [1.82, 2.24) is 5.32 Å². The molecule has 0 radical (unpaired) electrons. The summed E-state index contributed by atoms with van der Waals surface area (Å²) in [6.07, 6.45) is 62.0. The van der Waals surface area contributed by atoms with Crippen molar-refractivity contribution in [3.05, 3.63) is 24.3 Å². The first-order chi connectivity index (χ1) is 29.1. The zero-order chi connectivity index (χ0) is 43.0. The van der Waals surface area contributed by atoms with Crippen LogP contribution >= 0.6 is 0 Å². The van der Waals surface area contributed by atoms with Gasteiger partial charge in [-0.1, -0.05) is 256 Å². The lowest BCUT2D eigenvalue weighted by Crippen LogP contribution is -2.50. The first kappa shape index (κ1) is 57.8. The molecule has 0 aromatic rings.